The molecule has 0 radical (unpaired) electrons. The van der Waals surface area contributed by atoms with E-state index in [1.54, 1.807) is 4.90 Å². The van der Waals surface area contributed by atoms with Gasteiger partial charge in [-0.1, -0.05) is 23.8 Å². The Balaban J connectivity index is 2.10. The van der Waals surface area contributed by atoms with Crippen molar-refractivity contribution in [3.8, 4) is 0 Å². The molecule has 1 aromatic rings. The Labute approximate surface area is 127 Å². The number of carbonyl (C=O) groups is 1. The maximum Gasteiger partial charge on any atom is 0.251 e. The highest BCUT2D eigenvalue weighted by Gasteiger charge is 2.33. The highest BCUT2D eigenvalue weighted by molar-refractivity contribution is 5.81. The lowest BCUT2D eigenvalue weighted by Gasteiger charge is -2.29. The molecule has 0 saturated carbocycles. The van der Waals surface area contributed by atoms with Gasteiger partial charge in [0.25, 0.3) is 5.91 Å². The predicted octanol–water partition coefficient (Wildman–Crippen LogP) is 2.33. The molecular formula is C17H26N2O2. The first-order valence-electron chi connectivity index (χ1n) is 7.63. The van der Waals surface area contributed by atoms with Crippen LogP contribution in [0.25, 0.3) is 0 Å². The maximum atomic E-state index is 12.6. The minimum atomic E-state index is -0.337. The summed E-state index contributed by atoms with van der Waals surface area (Å²) >= 11 is 0. The summed E-state index contributed by atoms with van der Waals surface area (Å²) in [6, 6.07) is 6.40. The number of aryl methyl sites for hydroxylation is 2. The van der Waals surface area contributed by atoms with E-state index in [9.17, 15) is 4.79 Å². The fourth-order valence-electron chi connectivity index (χ4n) is 2.90. The van der Waals surface area contributed by atoms with E-state index in [-0.39, 0.29) is 24.2 Å². The number of nitrogens with zero attached hydrogens (tertiary/aromatic N) is 1. The first-order valence-corrected chi connectivity index (χ1v) is 7.63. The summed E-state index contributed by atoms with van der Waals surface area (Å²) in [5, 5.41) is 0. The fraction of sp³-hybridized carbons (Fsp3) is 0.588. The van der Waals surface area contributed by atoms with Crippen LogP contribution in [0, 0.1) is 13.8 Å². The molecule has 4 nitrogen and oxygen atoms in total. The van der Waals surface area contributed by atoms with E-state index < -0.39 is 0 Å². The van der Waals surface area contributed by atoms with Crippen molar-refractivity contribution in [3.63, 3.8) is 0 Å². The van der Waals surface area contributed by atoms with E-state index in [0.717, 1.165) is 12.8 Å². The van der Waals surface area contributed by atoms with Crippen LogP contribution in [0.4, 0.5) is 0 Å². The van der Waals surface area contributed by atoms with Crippen LogP contribution in [0.3, 0.4) is 0 Å². The van der Waals surface area contributed by atoms with Gasteiger partial charge in [0.05, 0.1) is 12.1 Å². The third kappa shape index (κ3) is 3.44. The minimum Gasteiger partial charge on any atom is -0.364 e. The molecule has 21 heavy (non-hydrogen) atoms. The summed E-state index contributed by atoms with van der Waals surface area (Å²) in [4.78, 5) is 14.4. The number of nitrogens with two attached hydrogens (primary N) is 1. The van der Waals surface area contributed by atoms with Crippen molar-refractivity contribution in [2.45, 2.75) is 51.9 Å². The van der Waals surface area contributed by atoms with Gasteiger partial charge in [-0.2, -0.15) is 0 Å². The summed E-state index contributed by atoms with van der Waals surface area (Å²) < 4.78 is 5.72. The van der Waals surface area contributed by atoms with Crippen LogP contribution in [0.2, 0.25) is 0 Å². The molecule has 116 valence electrons. The van der Waals surface area contributed by atoms with Crippen molar-refractivity contribution in [2.24, 2.45) is 5.73 Å². The van der Waals surface area contributed by atoms with E-state index in [0.29, 0.717) is 6.54 Å². The number of hydrogen-bond acceptors (Lipinski definition) is 3. The SMILES string of the molecule is Cc1ccc(C)c(C(C)N(C)C(=O)[C@@H]2CC[C@H](CN)O2)c1. The number of hydrogen-bond donors (Lipinski definition) is 1. The molecule has 0 aliphatic carbocycles. The zero-order chi connectivity index (χ0) is 15.6. The van der Waals surface area contributed by atoms with Crippen molar-refractivity contribution in [1.82, 2.24) is 4.90 Å². The molecule has 1 unspecified atom stereocenters. The lowest BCUT2D eigenvalue weighted by atomic mass is 9.98. The van der Waals surface area contributed by atoms with Gasteiger partial charge in [-0.05, 0) is 44.7 Å². The molecular weight excluding hydrogens is 264 g/mol. The highest BCUT2D eigenvalue weighted by atomic mass is 16.5. The van der Waals surface area contributed by atoms with Gasteiger partial charge in [-0.3, -0.25) is 4.79 Å². The highest BCUT2D eigenvalue weighted by Crippen LogP contribution is 2.27. The summed E-state index contributed by atoms with van der Waals surface area (Å²) in [6.45, 7) is 6.71. The normalized spacial score (nSPS) is 23.1. The Morgan fingerprint density at radius 3 is 2.76 bits per heavy atom. The third-order valence-corrected chi connectivity index (χ3v) is 4.46. The van der Waals surface area contributed by atoms with Crippen molar-refractivity contribution >= 4 is 5.91 Å². The molecule has 0 aromatic heterocycles. The van der Waals surface area contributed by atoms with Crippen LogP contribution >= 0.6 is 0 Å². The summed E-state index contributed by atoms with van der Waals surface area (Å²) in [6.07, 6.45) is 1.34. The zero-order valence-corrected chi connectivity index (χ0v) is 13.4. The number of benzene rings is 1. The first kappa shape index (κ1) is 16.0. The molecule has 1 saturated heterocycles. The third-order valence-electron chi connectivity index (χ3n) is 4.46. The molecule has 2 rings (SSSR count). The minimum absolute atomic E-state index is 0.0309. The van der Waals surface area contributed by atoms with Gasteiger partial charge in [0, 0.05) is 13.6 Å². The predicted molar refractivity (Wildman–Crippen MR) is 84.1 cm³/mol. The van der Waals surface area contributed by atoms with E-state index in [1.165, 1.54) is 16.7 Å². The standard InChI is InChI=1S/C17H26N2O2/c1-11-5-6-12(2)15(9-11)13(3)19(4)17(20)16-8-7-14(10-18)21-16/h5-6,9,13-14,16H,7-8,10,18H2,1-4H3/t13?,14-,16+/m1/s1. The van der Waals surface area contributed by atoms with E-state index in [4.69, 9.17) is 10.5 Å². The zero-order valence-electron chi connectivity index (χ0n) is 13.4. The molecule has 0 spiro atoms. The average molecular weight is 290 g/mol. The molecule has 1 aliphatic rings. The average Bonchev–Trinajstić information content (AvgIpc) is 2.96. The number of ether oxygens (including phenoxy) is 1. The molecule has 4 heteroatoms. The Bertz CT molecular complexity index is 516. The van der Waals surface area contributed by atoms with Crippen molar-refractivity contribution in [3.05, 3.63) is 34.9 Å². The monoisotopic (exact) mass is 290 g/mol. The van der Waals surface area contributed by atoms with Crippen LogP contribution in [0.1, 0.15) is 42.5 Å². The molecule has 0 bridgehead atoms. The first-order chi connectivity index (χ1) is 9.93. The fourth-order valence-corrected chi connectivity index (χ4v) is 2.90. The van der Waals surface area contributed by atoms with Crippen molar-refractivity contribution in [2.75, 3.05) is 13.6 Å². The maximum absolute atomic E-state index is 12.6. The van der Waals surface area contributed by atoms with Gasteiger partial charge in [0.15, 0.2) is 0 Å². The topological polar surface area (TPSA) is 55.6 Å². The Kier molecular flexibility index (Phi) is 5.01. The quantitative estimate of drug-likeness (QED) is 0.926. The molecule has 1 aromatic carbocycles. The lowest BCUT2D eigenvalue weighted by Crippen LogP contribution is -2.38. The van der Waals surface area contributed by atoms with Crippen molar-refractivity contribution in [1.29, 1.82) is 0 Å². The molecule has 1 aliphatic heterocycles. The van der Waals surface area contributed by atoms with E-state index in [1.807, 2.05) is 7.05 Å². The van der Waals surface area contributed by atoms with Gasteiger partial charge in [-0.15, -0.1) is 0 Å². The summed E-state index contributed by atoms with van der Waals surface area (Å²) in [5.74, 6) is 0.0550. The van der Waals surface area contributed by atoms with E-state index in [2.05, 4.69) is 39.0 Å². The molecule has 1 fully saturated rings. The van der Waals surface area contributed by atoms with E-state index >= 15 is 0 Å². The second-order valence-corrected chi connectivity index (χ2v) is 6.04. The van der Waals surface area contributed by atoms with Gasteiger partial charge in [0.1, 0.15) is 6.10 Å². The van der Waals surface area contributed by atoms with Crippen LogP contribution in [-0.2, 0) is 9.53 Å². The van der Waals surface area contributed by atoms with Crippen LogP contribution in [0.15, 0.2) is 18.2 Å². The van der Waals surface area contributed by atoms with Crippen LogP contribution < -0.4 is 5.73 Å². The second-order valence-electron chi connectivity index (χ2n) is 6.04. The Hall–Kier alpha value is -1.39. The van der Waals surface area contributed by atoms with Crippen molar-refractivity contribution < 1.29 is 9.53 Å². The molecule has 2 N–H and O–H groups in total. The van der Waals surface area contributed by atoms with Gasteiger partial charge in [0.2, 0.25) is 0 Å². The van der Waals surface area contributed by atoms with Crippen LogP contribution in [-0.4, -0.2) is 36.6 Å². The van der Waals surface area contributed by atoms with Gasteiger partial charge >= 0.3 is 0 Å². The lowest BCUT2D eigenvalue weighted by molar-refractivity contribution is -0.143. The summed E-state index contributed by atoms with van der Waals surface area (Å²) in [5.41, 5.74) is 9.22. The smallest absolute Gasteiger partial charge is 0.251 e. The van der Waals surface area contributed by atoms with Gasteiger partial charge in [-0.25, -0.2) is 0 Å². The number of carbonyl (C=O) groups excluding carboxylic acids is 1. The Morgan fingerprint density at radius 1 is 1.43 bits per heavy atom. The van der Waals surface area contributed by atoms with Crippen LogP contribution in [0.5, 0.6) is 0 Å². The number of likely N-dealkylation sites (N-methyl/N-ethyl adjacent to an activating group) is 1. The molecule has 1 heterocycles. The molecule has 3 atom stereocenters. The largest absolute Gasteiger partial charge is 0.364 e. The Morgan fingerprint density at radius 2 is 2.14 bits per heavy atom. The number of rotatable bonds is 4. The second kappa shape index (κ2) is 6.58. The summed E-state index contributed by atoms with van der Waals surface area (Å²) in [7, 11) is 1.86. The van der Waals surface area contributed by atoms with Gasteiger partial charge < -0.3 is 15.4 Å². The number of amides is 1. The molecule has 1 amide bonds.